The van der Waals surface area contributed by atoms with Crippen molar-refractivity contribution in [3.8, 4) is 23.3 Å². The van der Waals surface area contributed by atoms with Crippen LogP contribution in [0.2, 0.25) is 0 Å². The molecule has 0 fully saturated rings. The Morgan fingerprint density at radius 3 is 2.67 bits per heavy atom. The second kappa shape index (κ2) is 7.37. The Morgan fingerprint density at radius 1 is 1.10 bits per heavy atom. The number of hydrogen-bond acceptors (Lipinski definition) is 3. The molecule has 0 radical (unpaired) electrons. The lowest BCUT2D eigenvalue weighted by Crippen LogP contribution is -2.00. The van der Waals surface area contributed by atoms with E-state index in [1.165, 1.54) is 5.56 Å². The molecule has 0 saturated carbocycles. The molecule has 0 heterocycles. The molecule has 0 aromatic heterocycles. The molecule has 2 N–H and O–H groups in total. The van der Waals surface area contributed by atoms with Gasteiger partial charge in [0.25, 0.3) is 0 Å². The highest BCUT2D eigenvalue weighted by molar-refractivity contribution is 5.45. The van der Waals surface area contributed by atoms with Gasteiger partial charge in [-0.2, -0.15) is 0 Å². The fourth-order valence-corrected chi connectivity index (χ4v) is 1.95. The Morgan fingerprint density at radius 2 is 1.95 bits per heavy atom. The van der Waals surface area contributed by atoms with Crippen molar-refractivity contribution in [1.82, 2.24) is 0 Å². The van der Waals surface area contributed by atoms with Gasteiger partial charge in [-0.25, -0.2) is 0 Å². The molecule has 0 spiro atoms. The van der Waals surface area contributed by atoms with Crippen LogP contribution in [-0.2, 0) is 6.61 Å². The summed E-state index contributed by atoms with van der Waals surface area (Å²) < 4.78 is 11.1. The first-order valence-corrected chi connectivity index (χ1v) is 6.78. The maximum absolute atomic E-state index is 5.84. The molecule has 0 amide bonds. The largest absolute Gasteiger partial charge is 0.497 e. The van der Waals surface area contributed by atoms with E-state index in [2.05, 4.69) is 11.8 Å². The molecule has 0 saturated heterocycles. The van der Waals surface area contributed by atoms with Crippen LogP contribution >= 0.6 is 0 Å². The van der Waals surface area contributed by atoms with E-state index < -0.39 is 0 Å². The van der Waals surface area contributed by atoms with Crippen LogP contribution in [-0.4, -0.2) is 13.7 Å². The van der Waals surface area contributed by atoms with Crippen molar-refractivity contribution >= 4 is 0 Å². The van der Waals surface area contributed by atoms with Gasteiger partial charge >= 0.3 is 0 Å². The average molecular weight is 281 g/mol. The highest BCUT2D eigenvalue weighted by atomic mass is 16.5. The quantitative estimate of drug-likeness (QED) is 0.876. The number of methoxy groups -OCH3 is 1. The van der Waals surface area contributed by atoms with Gasteiger partial charge in [-0.15, -0.1) is 0 Å². The molecule has 0 aliphatic rings. The zero-order valence-electron chi connectivity index (χ0n) is 12.3. The number of hydrogen-bond donors (Lipinski definition) is 1. The Kier molecular flexibility index (Phi) is 5.25. The zero-order chi connectivity index (χ0) is 15.1. The molecule has 21 heavy (non-hydrogen) atoms. The molecule has 2 aromatic rings. The van der Waals surface area contributed by atoms with Crippen LogP contribution in [0.3, 0.4) is 0 Å². The topological polar surface area (TPSA) is 44.5 Å². The van der Waals surface area contributed by atoms with Gasteiger partial charge in [0, 0.05) is 11.1 Å². The lowest BCUT2D eigenvalue weighted by Gasteiger charge is -2.10. The third-order valence-electron chi connectivity index (χ3n) is 3.02. The summed E-state index contributed by atoms with van der Waals surface area (Å²) in [5.74, 6) is 7.56. The molecule has 0 aliphatic heterocycles. The molecule has 3 nitrogen and oxygen atoms in total. The predicted molar refractivity (Wildman–Crippen MR) is 84.4 cm³/mol. The van der Waals surface area contributed by atoms with Crippen LogP contribution in [0.15, 0.2) is 42.5 Å². The molecule has 2 rings (SSSR count). The summed E-state index contributed by atoms with van der Waals surface area (Å²) in [6.07, 6.45) is 0. The number of ether oxygens (including phenoxy) is 2. The van der Waals surface area contributed by atoms with E-state index in [0.29, 0.717) is 13.2 Å². The van der Waals surface area contributed by atoms with Crippen molar-refractivity contribution in [3.63, 3.8) is 0 Å². The number of benzene rings is 2. The molecule has 108 valence electrons. The molecular formula is C18H19NO2. The van der Waals surface area contributed by atoms with Gasteiger partial charge in [-0.05, 0) is 42.8 Å². The number of nitrogens with two attached hydrogens (primary N) is 1. The molecule has 2 aromatic carbocycles. The van der Waals surface area contributed by atoms with Crippen LogP contribution in [0.5, 0.6) is 11.5 Å². The summed E-state index contributed by atoms with van der Waals surface area (Å²) >= 11 is 0. The highest BCUT2D eigenvalue weighted by Gasteiger charge is 2.04. The van der Waals surface area contributed by atoms with Gasteiger partial charge in [0.1, 0.15) is 18.1 Å². The van der Waals surface area contributed by atoms with Gasteiger partial charge in [0.2, 0.25) is 0 Å². The normalized spacial score (nSPS) is 9.67. The fraction of sp³-hybridized carbons (Fsp3) is 0.222. The number of aryl methyl sites for hydroxylation is 1. The Hall–Kier alpha value is -2.44. The first-order chi connectivity index (χ1) is 10.2. The zero-order valence-corrected chi connectivity index (χ0v) is 12.3. The lowest BCUT2D eigenvalue weighted by molar-refractivity contribution is 0.304. The second-order valence-corrected chi connectivity index (χ2v) is 4.63. The number of rotatable bonds is 4. The van der Waals surface area contributed by atoms with E-state index >= 15 is 0 Å². The standard InChI is InChI=1S/C18H19NO2/c1-14-5-3-7-18(11-14)21-13-16-12-17(20-2)9-8-15(16)6-4-10-19/h3,5,7-9,11-12H,10,13,19H2,1-2H3. The van der Waals surface area contributed by atoms with E-state index in [-0.39, 0.29) is 0 Å². The summed E-state index contributed by atoms with van der Waals surface area (Å²) in [6, 6.07) is 13.7. The van der Waals surface area contributed by atoms with E-state index in [0.717, 1.165) is 22.6 Å². The average Bonchev–Trinajstić information content (AvgIpc) is 2.51. The van der Waals surface area contributed by atoms with Crippen molar-refractivity contribution in [3.05, 3.63) is 59.2 Å². The van der Waals surface area contributed by atoms with E-state index in [4.69, 9.17) is 15.2 Å². The van der Waals surface area contributed by atoms with Crippen LogP contribution in [0.1, 0.15) is 16.7 Å². The molecule has 0 unspecified atom stereocenters. The first-order valence-electron chi connectivity index (χ1n) is 6.78. The highest BCUT2D eigenvalue weighted by Crippen LogP contribution is 2.20. The van der Waals surface area contributed by atoms with Gasteiger partial charge in [-0.3, -0.25) is 0 Å². The van der Waals surface area contributed by atoms with E-state index in [9.17, 15) is 0 Å². The first kappa shape index (κ1) is 15.0. The maximum Gasteiger partial charge on any atom is 0.120 e. The van der Waals surface area contributed by atoms with Gasteiger partial charge in [-0.1, -0.05) is 24.0 Å². The van der Waals surface area contributed by atoms with Crippen LogP contribution in [0.25, 0.3) is 0 Å². The predicted octanol–water partition coefficient (Wildman–Crippen LogP) is 2.89. The van der Waals surface area contributed by atoms with Crippen molar-refractivity contribution in [1.29, 1.82) is 0 Å². The minimum Gasteiger partial charge on any atom is -0.497 e. The smallest absolute Gasteiger partial charge is 0.120 e. The van der Waals surface area contributed by atoms with E-state index in [1.54, 1.807) is 7.11 Å². The molecule has 0 aliphatic carbocycles. The fourth-order valence-electron chi connectivity index (χ4n) is 1.95. The van der Waals surface area contributed by atoms with Gasteiger partial charge in [0.15, 0.2) is 0 Å². The van der Waals surface area contributed by atoms with Crippen molar-refractivity contribution in [2.24, 2.45) is 5.73 Å². The summed E-state index contributed by atoms with van der Waals surface area (Å²) in [5, 5.41) is 0. The van der Waals surface area contributed by atoms with Crippen LogP contribution in [0, 0.1) is 18.8 Å². The summed E-state index contributed by atoms with van der Waals surface area (Å²) in [7, 11) is 1.64. The van der Waals surface area contributed by atoms with Gasteiger partial charge in [0.05, 0.1) is 13.7 Å². The minimum absolute atomic E-state index is 0.338. The molecule has 0 atom stereocenters. The van der Waals surface area contributed by atoms with Crippen LogP contribution in [0.4, 0.5) is 0 Å². The maximum atomic E-state index is 5.84. The molecule has 3 heteroatoms. The Labute approximate surface area is 125 Å². The minimum atomic E-state index is 0.338. The van der Waals surface area contributed by atoms with Crippen LogP contribution < -0.4 is 15.2 Å². The van der Waals surface area contributed by atoms with Gasteiger partial charge < -0.3 is 15.2 Å². The lowest BCUT2D eigenvalue weighted by atomic mass is 10.1. The molecule has 0 bridgehead atoms. The van der Waals surface area contributed by atoms with E-state index in [1.807, 2.05) is 49.4 Å². The van der Waals surface area contributed by atoms with Crippen molar-refractivity contribution < 1.29 is 9.47 Å². The third-order valence-corrected chi connectivity index (χ3v) is 3.02. The summed E-state index contributed by atoms with van der Waals surface area (Å²) in [5.41, 5.74) is 8.50. The molecular weight excluding hydrogens is 262 g/mol. The summed E-state index contributed by atoms with van der Waals surface area (Å²) in [4.78, 5) is 0. The monoisotopic (exact) mass is 281 g/mol. The summed E-state index contributed by atoms with van der Waals surface area (Å²) in [6.45, 7) is 2.82. The Balaban J connectivity index is 2.20. The Bertz CT molecular complexity index is 668. The SMILES string of the molecule is COc1ccc(C#CCN)c(COc2cccc(C)c2)c1. The van der Waals surface area contributed by atoms with Crippen molar-refractivity contribution in [2.45, 2.75) is 13.5 Å². The van der Waals surface area contributed by atoms with Crippen molar-refractivity contribution in [2.75, 3.05) is 13.7 Å². The second-order valence-electron chi connectivity index (χ2n) is 4.63. The third kappa shape index (κ3) is 4.27.